The van der Waals surface area contributed by atoms with Crippen LogP contribution in [0.3, 0.4) is 0 Å². The smallest absolute Gasteiger partial charge is 0.0705 e. The van der Waals surface area contributed by atoms with Crippen LogP contribution in [0.15, 0.2) is 96.7 Å². The fourth-order valence-corrected chi connectivity index (χ4v) is 3.59. The second-order valence-electron chi connectivity index (χ2n) is 6.47. The van der Waals surface area contributed by atoms with E-state index in [-0.39, 0.29) is 0 Å². The second-order valence-corrected chi connectivity index (χ2v) is 6.47. The number of nitrogens with zero attached hydrogens (tertiary/aromatic N) is 2. The molecule has 0 aliphatic carbocycles. The summed E-state index contributed by atoms with van der Waals surface area (Å²) in [4.78, 5) is 2.19. The number of hydrogen-bond donors (Lipinski definition) is 1. The van der Waals surface area contributed by atoms with Crippen LogP contribution in [0.4, 0.5) is 11.4 Å². The number of aromatic nitrogens is 1. The summed E-state index contributed by atoms with van der Waals surface area (Å²) in [5.41, 5.74) is 5.12. The molecule has 3 aromatic carbocycles. The first-order valence-electron chi connectivity index (χ1n) is 9.17. The Morgan fingerprint density at radius 3 is 2.39 bits per heavy atom. The Hall–Kier alpha value is -3.90. The highest BCUT2D eigenvalue weighted by Crippen LogP contribution is 2.35. The third kappa shape index (κ3) is 2.91. The Balaban J connectivity index is 1.96. The molecule has 4 rings (SSSR count). The van der Waals surface area contributed by atoms with Gasteiger partial charge in [-0.25, -0.2) is 0 Å². The predicted octanol–water partition coefficient (Wildman–Crippen LogP) is 5.74. The van der Waals surface area contributed by atoms with E-state index in [1.807, 2.05) is 49.4 Å². The van der Waals surface area contributed by atoms with Gasteiger partial charge < -0.3 is 10.7 Å². The highest BCUT2D eigenvalue weighted by Gasteiger charge is 2.15. The number of benzene rings is 3. The predicted molar refractivity (Wildman–Crippen MR) is 120 cm³/mol. The molecule has 0 saturated carbocycles. The Morgan fingerprint density at radius 1 is 0.929 bits per heavy atom. The van der Waals surface area contributed by atoms with E-state index in [2.05, 4.69) is 53.3 Å². The van der Waals surface area contributed by atoms with Crippen LogP contribution in [0.5, 0.6) is 0 Å². The maximum Gasteiger partial charge on any atom is 0.0705 e. The zero-order valence-electron chi connectivity index (χ0n) is 15.7. The largest absolute Gasteiger partial charge is 0.339 e. The molecule has 0 saturated heterocycles. The average molecular weight is 363 g/mol. The number of rotatable bonds is 4. The molecule has 0 atom stereocenters. The van der Waals surface area contributed by atoms with Crippen LogP contribution < -0.4 is 10.7 Å². The number of nitrogen functional groups attached to an aromatic ring is 1. The highest BCUT2D eigenvalue weighted by atomic mass is 15.3. The molecule has 0 spiro atoms. The average Bonchev–Trinajstić information content (AvgIpc) is 3.04. The number of hydrogen-bond acceptors (Lipinski definition) is 2. The van der Waals surface area contributed by atoms with Crippen molar-refractivity contribution in [3.05, 3.63) is 96.7 Å². The molecule has 0 fully saturated rings. The van der Waals surface area contributed by atoms with Gasteiger partial charge in [-0.3, -0.25) is 4.68 Å². The van der Waals surface area contributed by atoms with E-state index >= 15 is 0 Å². The quantitative estimate of drug-likeness (QED) is 0.285. The van der Waals surface area contributed by atoms with Crippen molar-refractivity contribution in [2.45, 2.75) is 6.92 Å². The number of anilines is 2. The monoisotopic (exact) mass is 363 g/mol. The third-order valence-electron chi connectivity index (χ3n) is 4.87. The summed E-state index contributed by atoms with van der Waals surface area (Å²) in [7, 11) is 0. The minimum absolute atomic E-state index is 0.999. The molecule has 0 unspecified atom stereocenters. The van der Waals surface area contributed by atoms with Crippen LogP contribution in [0, 0.1) is 12.3 Å². The summed E-state index contributed by atoms with van der Waals surface area (Å²) in [6, 6.07) is 24.8. The highest BCUT2D eigenvalue weighted by molar-refractivity contribution is 6.09. The number of para-hydroxylation sites is 2. The molecule has 0 bridgehead atoms. The van der Waals surface area contributed by atoms with Crippen LogP contribution >= 0.6 is 0 Å². The number of fused-ring (bicyclic) bond motifs is 3. The van der Waals surface area contributed by atoms with E-state index in [0.717, 1.165) is 38.9 Å². The standard InChI is InChI=1S/C25H21N3/c1-3-5-11-19(4-2)27(20-12-7-6-8-13-20)21-16-17-25-23(18-21)22-14-9-10-15-24(22)28(25)26/h1,4-18H,26H2,2H3/b11-5-,19-4+. The van der Waals surface area contributed by atoms with Gasteiger partial charge in [-0.1, -0.05) is 48.4 Å². The van der Waals surface area contributed by atoms with Crippen LogP contribution in [0.2, 0.25) is 0 Å². The van der Waals surface area contributed by atoms with Gasteiger partial charge in [0.2, 0.25) is 0 Å². The van der Waals surface area contributed by atoms with Gasteiger partial charge in [0.05, 0.1) is 11.0 Å². The van der Waals surface area contributed by atoms with Crippen molar-refractivity contribution in [1.82, 2.24) is 4.68 Å². The molecule has 0 aliphatic rings. The minimum atomic E-state index is 0.999. The van der Waals surface area contributed by atoms with Gasteiger partial charge in [-0.05, 0) is 55.5 Å². The molecule has 0 amide bonds. The van der Waals surface area contributed by atoms with Crippen molar-refractivity contribution in [3.63, 3.8) is 0 Å². The third-order valence-corrected chi connectivity index (χ3v) is 4.87. The van der Waals surface area contributed by atoms with Gasteiger partial charge in [0, 0.05) is 27.8 Å². The molecule has 3 nitrogen and oxygen atoms in total. The molecule has 3 heteroatoms. The topological polar surface area (TPSA) is 34.2 Å². The van der Waals surface area contributed by atoms with E-state index in [0.29, 0.717) is 0 Å². The summed E-state index contributed by atoms with van der Waals surface area (Å²) in [6.07, 6.45) is 11.2. The molecule has 1 heterocycles. The summed E-state index contributed by atoms with van der Waals surface area (Å²) in [5, 5.41) is 2.25. The summed E-state index contributed by atoms with van der Waals surface area (Å²) < 4.78 is 1.75. The first kappa shape index (κ1) is 17.5. The fraction of sp³-hybridized carbons (Fsp3) is 0.0400. The van der Waals surface area contributed by atoms with Gasteiger partial charge >= 0.3 is 0 Å². The summed E-state index contributed by atoms with van der Waals surface area (Å²) >= 11 is 0. The molecule has 28 heavy (non-hydrogen) atoms. The molecule has 136 valence electrons. The van der Waals surface area contributed by atoms with E-state index in [4.69, 9.17) is 12.3 Å². The molecule has 0 aliphatic heterocycles. The van der Waals surface area contributed by atoms with Crippen LogP contribution in [-0.2, 0) is 0 Å². The Kier molecular flexibility index (Phi) is 4.62. The lowest BCUT2D eigenvalue weighted by molar-refractivity contribution is 1.12. The molecular weight excluding hydrogens is 342 g/mol. The van der Waals surface area contributed by atoms with E-state index in [9.17, 15) is 0 Å². The van der Waals surface area contributed by atoms with Gasteiger partial charge in [-0.15, -0.1) is 6.42 Å². The minimum Gasteiger partial charge on any atom is -0.339 e. The summed E-state index contributed by atoms with van der Waals surface area (Å²) in [6.45, 7) is 2.01. The Morgan fingerprint density at radius 2 is 1.64 bits per heavy atom. The SMILES string of the molecule is C#C/C=C\C(=C/C)N(c1ccccc1)c1ccc2c(c1)c1ccccc1n2N. The van der Waals surface area contributed by atoms with E-state index < -0.39 is 0 Å². The fourth-order valence-electron chi connectivity index (χ4n) is 3.59. The molecule has 0 radical (unpaired) electrons. The Labute approximate surface area is 165 Å². The zero-order chi connectivity index (χ0) is 19.5. The van der Waals surface area contributed by atoms with E-state index in [1.165, 1.54) is 0 Å². The van der Waals surface area contributed by atoms with Crippen molar-refractivity contribution in [2.24, 2.45) is 0 Å². The maximum absolute atomic E-state index is 6.32. The van der Waals surface area contributed by atoms with Gasteiger partial charge in [0.15, 0.2) is 0 Å². The number of terminal acetylenes is 1. The maximum atomic E-state index is 6.32. The van der Waals surface area contributed by atoms with Crippen LogP contribution in [-0.4, -0.2) is 4.68 Å². The second kappa shape index (κ2) is 7.38. The Bertz CT molecular complexity index is 1240. The lowest BCUT2D eigenvalue weighted by atomic mass is 10.1. The zero-order valence-corrected chi connectivity index (χ0v) is 15.7. The van der Waals surface area contributed by atoms with Crippen molar-refractivity contribution in [1.29, 1.82) is 0 Å². The lowest BCUT2D eigenvalue weighted by Gasteiger charge is -2.26. The van der Waals surface area contributed by atoms with E-state index in [1.54, 1.807) is 10.8 Å². The van der Waals surface area contributed by atoms with Crippen molar-refractivity contribution in [2.75, 3.05) is 10.7 Å². The van der Waals surface area contributed by atoms with Crippen molar-refractivity contribution < 1.29 is 0 Å². The normalized spacial score (nSPS) is 11.9. The van der Waals surface area contributed by atoms with Crippen LogP contribution in [0.25, 0.3) is 21.8 Å². The lowest BCUT2D eigenvalue weighted by Crippen LogP contribution is -2.15. The summed E-state index contributed by atoms with van der Waals surface area (Å²) in [5.74, 6) is 8.90. The first-order valence-corrected chi connectivity index (χ1v) is 9.17. The van der Waals surface area contributed by atoms with Gasteiger partial charge in [0.1, 0.15) is 0 Å². The van der Waals surface area contributed by atoms with Crippen LogP contribution in [0.1, 0.15) is 6.92 Å². The van der Waals surface area contributed by atoms with Crippen molar-refractivity contribution in [3.8, 4) is 12.3 Å². The number of nitrogens with two attached hydrogens (primary N) is 1. The molecule has 2 N–H and O–H groups in total. The molecule has 4 aromatic rings. The van der Waals surface area contributed by atoms with Gasteiger partial charge in [0.25, 0.3) is 0 Å². The van der Waals surface area contributed by atoms with Crippen molar-refractivity contribution >= 4 is 33.2 Å². The van der Waals surface area contributed by atoms with Gasteiger partial charge in [-0.2, -0.15) is 0 Å². The molecule has 1 aromatic heterocycles. The molecular formula is C25H21N3. The first-order chi connectivity index (χ1) is 13.7. The number of allylic oxidation sites excluding steroid dienone is 3.